The van der Waals surface area contributed by atoms with Gasteiger partial charge in [-0.05, 0) is 31.2 Å². The van der Waals surface area contributed by atoms with Crippen LogP contribution in [0, 0.1) is 0 Å². The average Bonchev–Trinajstić information content (AvgIpc) is 3.08. The monoisotopic (exact) mass is 423 g/mol. The van der Waals surface area contributed by atoms with Crippen molar-refractivity contribution in [1.29, 1.82) is 0 Å². The van der Waals surface area contributed by atoms with E-state index in [1.165, 1.54) is 17.4 Å². The molecule has 27 heavy (non-hydrogen) atoms. The molecule has 1 amide bonds. The van der Waals surface area contributed by atoms with E-state index in [-0.39, 0.29) is 12.2 Å². The van der Waals surface area contributed by atoms with Crippen molar-refractivity contribution >= 4 is 40.4 Å². The molecule has 2 N–H and O–H groups in total. The highest BCUT2D eigenvalue weighted by atomic mass is 35.5. The van der Waals surface area contributed by atoms with Crippen LogP contribution in [0.5, 0.6) is 0 Å². The number of aromatic nitrogens is 2. The van der Waals surface area contributed by atoms with Crippen molar-refractivity contribution < 1.29 is 9.90 Å². The minimum absolute atomic E-state index is 0.0856. The van der Waals surface area contributed by atoms with E-state index in [9.17, 15) is 9.59 Å². The first-order valence-electron chi connectivity index (χ1n) is 7.95. The highest BCUT2D eigenvalue weighted by Crippen LogP contribution is 2.24. The van der Waals surface area contributed by atoms with Crippen LogP contribution < -0.4 is 10.9 Å². The van der Waals surface area contributed by atoms with E-state index in [1.54, 1.807) is 42.6 Å². The second-order valence-electron chi connectivity index (χ2n) is 5.83. The van der Waals surface area contributed by atoms with Gasteiger partial charge < -0.3 is 10.4 Å². The quantitative estimate of drug-likeness (QED) is 0.658. The van der Waals surface area contributed by atoms with Gasteiger partial charge in [0.15, 0.2) is 0 Å². The van der Waals surface area contributed by atoms with Crippen molar-refractivity contribution in [2.75, 3.05) is 6.61 Å². The summed E-state index contributed by atoms with van der Waals surface area (Å²) in [5.41, 5.74) is 0.923. The summed E-state index contributed by atoms with van der Waals surface area (Å²) in [6.07, 6.45) is 0. The van der Waals surface area contributed by atoms with Gasteiger partial charge >= 0.3 is 0 Å². The molecule has 0 fully saturated rings. The number of aliphatic hydroxyl groups is 1. The Balaban J connectivity index is 2.17. The lowest BCUT2D eigenvalue weighted by Crippen LogP contribution is -2.39. The molecule has 0 saturated heterocycles. The Labute approximate surface area is 169 Å². The van der Waals surface area contributed by atoms with E-state index in [0.29, 0.717) is 26.3 Å². The molecule has 0 saturated carbocycles. The zero-order chi connectivity index (χ0) is 19.6. The van der Waals surface area contributed by atoms with Gasteiger partial charge in [-0.15, -0.1) is 11.3 Å². The summed E-state index contributed by atoms with van der Waals surface area (Å²) >= 11 is 13.2. The van der Waals surface area contributed by atoms with Crippen LogP contribution in [-0.4, -0.2) is 33.4 Å². The van der Waals surface area contributed by atoms with E-state index < -0.39 is 17.5 Å². The largest absolute Gasteiger partial charge is 0.394 e. The zero-order valence-corrected chi connectivity index (χ0v) is 16.5. The van der Waals surface area contributed by atoms with Gasteiger partial charge in [0.2, 0.25) is 0 Å². The molecular weight excluding hydrogens is 409 g/mol. The summed E-state index contributed by atoms with van der Waals surface area (Å²) in [6.45, 7) is 1.39. The van der Waals surface area contributed by atoms with Crippen molar-refractivity contribution in [2.24, 2.45) is 0 Å². The number of rotatable bonds is 5. The summed E-state index contributed by atoms with van der Waals surface area (Å²) in [6, 6.07) is 9.43. The summed E-state index contributed by atoms with van der Waals surface area (Å²) in [5, 5.41) is 18.4. The molecule has 0 bridgehead atoms. The van der Waals surface area contributed by atoms with Crippen LogP contribution in [0.2, 0.25) is 9.36 Å². The van der Waals surface area contributed by atoms with Crippen LogP contribution in [0.4, 0.5) is 0 Å². The normalized spacial score (nSPS) is 12.0. The van der Waals surface area contributed by atoms with Gasteiger partial charge in [-0.1, -0.05) is 35.3 Å². The first-order chi connectivity index (χ1) is 12.9. The number of halogens is 2. The van der Waals surface area contributed by atoms with Crippen LogP contribution in [-0.2, 0) is 0 Å². The number of carbonyl (C=O) groups excluding carboxylic acids is 1. The number of benzene rings is 1. The van der Waals surface area contributed by atoms with Crippen molar-refractivity contribution in [3.63, 3.8) is 0 Å². The smallest absolute Gasteiger partial charge is 0.284 e. The van der Waals surface area contributed by atoms with Crippen molar-refractivity contribution in [3.05, 3.63) is 67.1 Å². The van der Waals surface area contributed by atoms with Crippen molar-refractivity contribution in [1.82, 2.24) is 15.1 Å². The van der Waals surface area contributed by atoms with E-state index >= 15 is 0 Å². The number of thiophene rings is 1. The van der Waals surface area contributed by atoms with Gasteiger partial charge in [-0.25, -0.2) is 0 Å². The third kappa shape index (κ3) is 4.39. The molecule has 3 aromatic rings. The molecule has 2 aromatic heterocycles. The highest BCUT2D eigenvalue weighted by Gasteiger charge is 2.19. The number of carbonyl (C=O) groups is 1. The Morgan fingerprint density at radius 3 is 2.59 bits per heavy atom. The zero-order valence-electron chi connectivity index (χ0n) is 14.1. The molecule has 140 valence electrons. The Kier molecular flexibility index (Phi) is 5.96. The molecule has 0 spiro atoms. The molecule has 1 aromatic carbocycles. The molecule has 6 nitrogen and oxygen atoms in total. The lowest BCUT2D eigenvalue weighted by molar-refractivity contribution is 0.0920. The molecule has 0 aliphatic rings. The maximum Gasteiger partial charge on any atom is 0.284 e. The highest BCUT2D eigenvalue weighted by molar-refractivity contribution is 7.14. The average molecular weight is 424 g/mol. The standard InChI is InChI=1S/C18H15Cl2N3O3S/c1-10(8-24)21-17(25)14-7-15(11-2-4-12(19)5-3-11)22-23(18(14)26)13-6-16(20)27-9-13/h2-7,9-10,24H,8H2,1H3,(H,21,25)/t10-/m0/s1. The second-order valence-corrected chi connectivity index (χ2v) is 7.81. The number of aliphatic hydroxyl groups excluding tert-OH is 1. The second kappa shape index (κ2) is 8.22. The van der Waals surface area contributed by atoms with E-state index in [0.717, 1.165) is 4.68 Å². The van der Waals surface area contributed by atoms with Gasteiger partial charge in [-0.3, -0.25) is 9.59 Å². The van der Waals surface area contributed by atoms with Crippen LogP contribution in [0.25, 0.3) is 16.9 Å². The lowest BCUT2D eigenvalue weighted by atomic mass is 10.1. The Morgan fingerprint density at radius 1 is 1.30 bits per heavy atom. The molecular formula is C18H15Cl2N3O3S. The van der Waals surface area contributed by atoms with Gasteiger partial charge in [0.05, 0.1) is 22.3 Å². The van der Waals surface area contributed by atoms with E-state index in [4.69, 9.17) is 28.3 Å². The predicted octanol–water partition coefficient (Wildman–Crippen LogP) is 3.38. The molecule has 0 aliphatic carbocycles. The third-order valence-electron chi connectivity index (χ3n) is 3.75. The third-order valence-corrected chi connectivity index (χ3v) is 5.08. The van der Waals surface area contributed by atoms with E-state index in [2.05, 4.69) is 10.4 Å². The Morgan fingerprint density at radius 2 is 2.00 bits per heavy atom. The minimum atomic E-state index is -0.589. The SMILES string of the molecule is C[C@@H](CO)NC(=O)c1cc(-c2ccc(Cl)cc2)nn(-c2csc(Cl)c2)c1=O. The number of hydrogen-bond acceptors (Lipinski definition) is 5. The lowest BCUT2D eigenvalue weighted by Gasteiger charge is -2.13. The van der Waals surface area contributed by atoms with Gasteiger partial charge in [0.25, 0.3) is 11.5 Å². The Bertz CT molecular complexity index is 1030. The maximum atomic E-state index is 12.8. The minimum Gasteiger partial charge on any atom is -0.394 e. The van der Waals surface area contributed by atoms with Crippen LogP contribution >= 0.6 is 34.5 Å². The molecule has 1 atom stereocenters. The molecule has 0 unspecified atom stereocenters. The summed E-state index contributed by atoms with van der Waals surface area (Å²) in [4.78, 5) is 25.4. The summed E-state index contributed by atoms with van der Waals surface area (Å²) < 4.78 is 1.64. The van der Waals surface area contributed by atoms with Gasteiger partial charge in [0, 0.05) is 22.0 Å². The molecule has 0 aliphatic heterocycles. The van der Waals surface area contributed by atoms with Gasteiger partial charge in [-0.2, -0.15) is 9.78 Å². The fourth-order valence-corrected chi connectivity index (χ4v) is 3.31. The molecule has 9 heteroatoms. The first kappa shape index (κ1) is 19.6. The Hall–Kier alpha value is -2.19. The molecule has 0 radical (unpaired) electrons. The number of amides is 1. The molecule has 3 rings (SSSR count). The fourth-order valence-electron chi connectivity index (χ4n) is 2.35. The summed E-state index contributed by atoms with van der Waals surface area (Å²) in [7, 11) is 0. The fraction of sp³-hybridized carbons (Fsp3) is 0.167. The topological polar surface area (TPSA) is 84.2 Å². The number of nitrogens with one attached hydrogen (secondary N) is 1. The summed E-state index contributed by atoms with van der Waals surface area (Å²) in [5.74, 6) is -0.589. The number of hydrogen-bond donors (Lipinski definition) is 2. The molecule has 2 heterocycles. The van der Waals surface area contributed by atoms with Crippen LogP contribution in [0.1, 0.15) is 17.3 Å². The van der Waals surface area contributed by atoms with Gasteiger partial charge in [0.1, 0.15) is 5.56 Å². The first-order valence-corrected chi connectivity index (χ1v) is 9.59. The van der Waals surface area contributed by atoms with Crippen molar-refractivity contribution in [2.45, 2.75) is 13.0 Å². The van der Waals surface area contributed by atoms with E-state index in [1.807, 2.05) is 0 Å². The number of nitrogens with zero attached hydrogens (tertiary/aromatic N) is 2. The maximum absolute atomic E-state index is 12.8. The van der Waals surface area contributed by atoms with Crippen LogP contribution in [0.15, 0.2) is 46.6 Å². The predicted molar refractivity (Wildman–Crippen MR) is 107 cm³/mol. The van der Waals surface area contributed by atoms with Crippen molar-refractivity contribution in [3.8, 4) is 16.9 Å². The van der Waals surface area contributed by atoms with Crippen LogP contribution in [0.3, 0.4) is 0 Å².